The molecule has 1 N–H and O–H groups in total. The molecule has 1 aliphatic heterocycles. The normalized spacial score (nSPS) is 14.3. The third-order valence-corrected chi connectivity index (χ3v) is 4.42. The van der Waals surface area contributed by atoms with E-state index < -0.39 is 0 Å². The van der Waals surface area contributed by atoms with E-state index >= 15 is 0 Å². The number of rotatable bonds is 7. The van der Waals surface area contributed by atoms with Gasteiger partial charge in [0.25, 0.3) is 0 Å². The molecule has 0 bridgehead atoms. The molecule has 1 aromatic rings. The van der Waals surface area contributed by atoms with Gasteiger partial charge in [0.15, 0.2) is 5.96 Å². The summed E-state index contributed by atoms with van der Waals surface area (Å²) in [5.74, 6) is 2.32. The van der Waals surface area contributed by atoms with Gasteiger partial charge in [-0.1, -0.05) is 0 Å². The molecule has 0 aliphatic carbocycles. The molecule has 0 aromatic heterocycles. The topological polar surface area (TPSA) is 66.4 Å². The Kier molecular flexibility index (Phi) is 7.56. The van der Waals surface area contributed by atoms with Crippen LogP contribution in [0.1, 0.15) is 25.3 Å². The minimum Gasteiger partial charge on any atom is -0.497 e. The molecule has 1 aromatic carbocycles. The summed E-state index contributed by atoms with van der Waals surface area (Å²) in [7, 11) is 5.23. The number of amides is 1. The highest BCUT2D eigenvalue weighted by atomic mass is 16.5. The Balaban J connectivity index is 2.06. The molecule has 2 rings (SSSR count). The molecular weight excluding hydrogens is 332 g/mol. The van der Waals surface area contributed by atoms with Crippen LogP contribution in [0.15, 0.2) is 23.2 Å². The molecule has 1 fully saturated rings. The van der Waals surface area contributed by atoms with Gasteiger partial charge in [0.05, 0.1) is 14.2 Å². The maximum atomic E-state index is 12.2. The van der Waals surface area contributed by atoms with E-state index in [0.29, 0.717) is 12.5 Å². The molecule has 0 radical (unpaired) electrons. The first-order valence-corrected chi connectivity index (χ1v) is 9.07. The van der Waals surface area contributed by atoms with Gasteiger partial charge in [-0.05, 0) is 31.9 Å². The molecule has 7 heteroatoms. The Morgan fingerprint density at radius 3 is 2.62 bits per heavy atom. The Morgan fingerprint density at radius 1 is 1.27 bits per heavy atom. The van der Waals surface area contributed by atoms with Crippen LogP contribution in [-0.2, 0) is 11.3 Å². The van der Waals surface area contributed by atoms with Crippen molar-refractivity contribution in [1.82, 2.24) is 15.1 Å². The van der Waals surface area contributed by atoms with E-state index in [0.717, 1.165) is 49.5 Å². The van der Waals surface area contributed by atoms with Crippen molar-refractivity contribution < 1.29 is 14.3 Å². The summed E-state index contributed by atoms with van der Waals surface area (Å²) >= 11 is 0. The van der Waals surface area contributed by atoms with Crippen molar-refractivity contribution in [2.24, 2.45) is 4.99 Å². The standard InChI is InChI=1S/C19H30N4O3/c1-5-20-19(21-13-18(24)23-10-6-7-11-23)22(2)14-15-8-9-16(25-3)12-17(15)26-4/h8-9,12H,5-7,10-11,13-14H2,1-4H3,(H,20,21). The summed E-state index contributed by atoms with van der Waals surface area (Å²) in [6.45, 7) is 5.23. The molecule has 0 spiro atoms. The molecule has 1 saturated heterocycles. The minimum atomic E-state index is 0.0910. The third kappa shape index (κ3) is 5.28. The molecule has 1 heterocycles. The number of aliphatic imine (C=N–C) groups is 1. The van der Waals surface area contributed by atoms with Crippen LogP contribution in [-0.4, -0.2) is 69.1 Å². The number of hydrogen-bond donors (Lipinski definition) is 1. The van der Waals surface area contributed by atoms with Crippen LogP contribution in [0.2, 0.25) is 0 Å². The zero-order chi connectivity index (χ0) is 18.9. The van der Waals surface area contributed by atoms with Crippen molar-refractivity contribution in [1.29, 1.82) is 0 Å². The minimum absolute atomic E-state index is 0.0910. The summed E-state index contributed by atoms with van der Waals surface area (Å²) in [5, 5.41) is 3.25. The van der Waals surface area contributed by atoms with Gasteiger partial charge in [-0.15, -0.1) is 0 Å². The number of guanidine groups is 1. The van der Waals surface area contributed by atoms with E-state index in [9.17, 15) is 4.79 Å². The zero-order valence-electron chi connectivity index (χ0n) is 16.2. The summed E-state index contributed by atoms with van der Waals surface area (Å²) in [4.78, 5) is 20.6. The fourth-order valence-corrected chi connectivity index (χ4v) is 2.99. The van der Waals surface area contributed by atoms with Crippen LogP contribution in [0.4, 0.5) is 0 Å². The molecular formula is C19H30N4O3. The number of hydrogen-bond acceptors (Lipinski definition) is 4. The second-order valence-corrected chi connectivity index (χ2v) is 6.29. The van der Waals surface area contributed by atoms with Gasteiger partial charge in [0, 0.05) is 44.9 Å². The predicted octanol–water partition coefficient (Wildman–Crippen LogP) is 1.72. The summed E-state index contributed by atoms with van der Waals surface area (Å²) in [6, 6.07) is 5.75. The smallest absolute Gasteiger partial charge is 0.244 e. The number of carbonyl (C=O) groups is 1. The first-order chi connectivity index (χ1) is 12.6. The number of ether oxygens (including phenoxy) is 2. The van der Waals surface area contributed by atoms with Gasteiger partial charge in [-0.25, -0.2) is 4.99 Å². The molecule has 144 valence electrons. The number of nitrogens with zero attached hydrogens (tertiary/aromatic N) is 3. The van der Waals surface area contributed by atoms with E-state index in [1.165, 1.54) is 0 Å². The maximum Gasteiger partial charge on any atom is 0.244 e. The largest absolute Gasteiger partial charge is 0.497 e. The van der Waals surface area contributed by atoms with Gasteiger partial charge < -0.3 is 24.6 Å². The Bertz CT molecular complexity index is 627. The van der Waals surface area contributed by atoms with Crippen molar-refractivity contribution in [2.45, 2.75) is 26.3 Å². The molecule has 0 saturated carbocycles. The van der Waals surface area contributed by atoms with Gasteiger partial charge in [-0.3, -0.25) is 4.79 Å². The van der Waals surface area contributed by atoms with E-state index in [4.69, 9.17) is 9.47 Å². The van der Waals surface area contributed by atoms with Crippen LogP contribution in [0.3, 0.4) is 0 Å². The van der Waals surface area contributed by atoms with E-state index in [-0.39, 0.29) is 12.5 Å². The first-order valence-electron chi connectivity index (χ1n) is 9.07. The highest BCUT2D eigenvalue weighted by Gasteiger charge is 2.18. The lowest BCUT2D eigenvalue weighted by atomic mass is 10.2. The molecule has 0 atom stereocenters. The highest BCUT2D eigenvalue weighted by Crippen LogP contribution is 2.25. The van der Waals surface area contributed by atoms with Crippen LogP contribution >= 0.6 is 0 Å². The molecule has 7 nitrogen and oxygen atoms in total. The molecule has 26 heavy (non-hydrogen) atoms. The number of carbonyl (C=O) groups excluding carboxylic acids is 1. The second kappa shape index (κ2) is 9.89. The lowest BCUT2D eigenvalue weighted by molar-refractivity contribution is -0.128. The van der Waals surface area contributed by atoms with Gasteiger partial charge in [0.2, 0.25) is 5.91 Å². The second-order valence-electron chi connectivity index (χ2n) is 6.29. The maximum absolute atomic E-state index is 12.2. The van der Waals surface area contributed by atoms with E-state index in [1.807, 2.05) is 42.0 Å². The van der Waals surface area contributed by atoms with Crippen molar-refractivity contribution >= 4 is 11.9 Å². The predicted molar refractivity (Wildman–Crippen MR) is 103 cm³/mol. The fraction of sp³-hybridized carbons (Fsp3) is 0.579. The van der Waals surface area contributed by atoms with Crippen molar-refractivity contribution in [3.05, 3.63) is 23.8 Å². The zero-order valence-corrected chi connectivity index (χ0v) is 16.2. The monoisotopic (exact) mass is 362 g/mol. The highest BCUT2D eigenvalue weighted by molar-refractivity contribution is 5.85. The Hall–Kier alpha value is -2.44. The number of nitrogens with one attached hydrogen (secondary N) is 1. The summed E-state index contributed by atoms with van der Waals surface area (Å²) in [5.41, 5.74) is 1.02. The average molecular weight is 362 g/mol. The van der Waals surface area contributed by atoms with Gasteiger partial charge in [-0.2, -0.15) is 0 Å². The summed E-state index contributed by atoms with van der Waals surface area (Å²) < 4.78 is 10.7. The SMILES string of the molecule is CCNC(=NCC(=O)N1CCCC1)N(C)Cc1ccc(OC)cc1OC. The van der Waals surface area contributed by atoms with Crippen molar-refractivity contribution in [2.75, 3.05) is 47.4 Å². The Morgan fingerprint density at radius 2 is 2.00 bits per heavy atom. The lowest BCUT2D eigenvalue weighted by Gasteiger charge is -2.23. The number of likely N-dealkylation sites (tertiary alicyclic amines) is 1. The quantitative estimate of drug-likeness (QED) is 0.591. The number of benzene rings is 1. The third-order valence-electron chi connectivity index (χ3n) is 4.42. The fourth-order valence-electron chi connectivity index (χ4n) is 2.99. The number of methoxy groups -OCH3 is 2. The Labute approximate surface area is 156 Å². The first kappa shape index (κ1) is 19.9. The molecule has 1 aliphatic rings. The van der Waals surface area contributed by atoms with Crippen LogP contribution in [0.5, 0.6) is 11.5 Å². The van der Waals surface area contributed by atoms with Gasteiger partial charge >= 0.3 is 0 Å². The van der Waals surface area contributed by atoms with E-state index in [2.05, 4.69) is 10.3 Å². The van der Waals surface area contributed by atoms with Crippen LogP contribution < -0.4 is 14.8 Å². The van der Waals surface area contributed by atoms with Crippen LogP contribution in [0.25, 0.3) is 0 Å². The summed E-state index contributed by atoms with van der Waals surface area (Å²) in [6.07, 6.45) is 2.18. The van der Waals surface area contributed by atoms with Crippen molar-refractivity contribution in [3.8, 4) is 11.5 Å². The van der Waals surface area contributed by atoms with Crippen molar-refractivity contribution in [3.63, 3.8) is 0 Å². The molecule has 0 unspecified atom stereocenters. The lowest BCUT2D eigenvalue weighted by Crippen LogP contribution is -2.39. The molecule has 1 amide bonds. The van der Waals surface area contributed by atoms with Gasteiger partial charge in [0.1, 0.15) is 18.0 Å². The average Bonchev–Trinajstić information content (AvgIpc) is 3.19. The van der Waals surface area contributed by atoms with E-state index in [1.54, 1.807) is 14.2 Å². The van der Waals surface area contributed by atoms with Crippen LogP contribution in [0, 0.1) is 0 Å².